The smallest absolute Gasteiger partial charge is 0.417 e. The Balaban J connectivity index is 2.86. The molecule has 0 aromatic heterocycles. The predicted octanol–water partition coefficient (Wildman–Crippen LogP) is 4.90. The summed E-state index contributed by atoms with van der Waals surface area (Å²) in [6.07, 6.45) is -1.60. The lowest BCUT2D eigenvalue weighted by atomic mass is 9.98. The molecule has 0 fully saturated rings. The van der Waals surface area contributed by atoms with Gasteiger partial charge in [0.15, 0.2) is 0 Å². The number of nitro benzene ring substituents is 1. The fraction of sp³-hybridized carbons (Fsp3) is 0.615. The lowest BCUT2D eigenvalue weighted by molar-refractivity contribution is -0.385. The molecule has 0 aliphatic rings. The van der Waals surface area contributed by atoms with Gasteiger partial charge in [-0.3, -0.25) is 38.9 Å². The standard InChI is InChI=1S/C52H80N8O14/c1-14-32(4)43(48(67)68)57-44(63)36(27-33-22-24-35(25-23-33)72-50(5,6)7)55-40(61)30-58(29-34-19-15-16-20-38(34)60(70)71)46(65)37(28-41(62)73-51(8,9)10)56-45(64)39(21-17-18-26-53)59(47(66)42(54)31(2)3)49(69)74-52(11,12)13/h15-16,19-20,22-25,31-32,36-37,39,42-43H,14,17-18,21,26-30,53-54H2,1-13H3,(H,55,61)(H,56,64)(H,57,63)(H,67,68)/t32-,36-,37-,39-,42-,43-/m0/s1. The van der Waals surface area contributed by atoms with Crippen molar-refractivity contribution in [2.24, 2.45) is 23.3 Å². The van der Waals surface area contributed by atoms with E-state index in [-0.39, 0.29) is 31.4 Å². The van der Waals surface area contributed by atoms with Gasteiger partial charge in [0.25, 0.3) is 5.69 Å². The SMILES string of the molecule is CC[C@H](C)[C@H](NC(=O)[C@H](Cc1ccc(OC(C)(C)C)cc1)NC(=O)CN(Cc1ccccc1[N+](=O)[O-])C(=O)[C@H](CC(=O)OC(C)(C)C)NC(=O)[C@H](CCCCN)N(C(=O)OC(C)(C)C)C(=O)[C@@H](N)C(C)C)C(=O)O. The Morgan fingerprint density at radius 1 is 0.770 bits per heavy atom. The van der Waals surface area contributed by atoms with Crippen LogP contribution in [-0.2, 0) is 56.0 Å². The van der Waals surface area contributed by atoms with Gasteiger partial charge in [0.05, 0.1) is 30.5 Å². The maximum atomic E-state index is 15.2. The highest BCUT2D eigenvalue weighted by Crippen LogP contribution is 2.24. The molecule has 6 amide bonds. The monoisotopic (exact) mass is 1040 g/mol. The number of nitrogens with one attached hydrogen (secondary N) is 3. The number of hydrogen-bond donors (Lipinski definition) is 6. The largest absolute Gasteiger partial charge is 0.488 e. The first-order valence-electron chi connectivity index (χ1n) is 24.8. The van der Waals surface area contributed by atoms with E-state index >= 15 is 4.79 Å². The second kappa shape index (κ2) is 28.1. The zero-order chi connectivity index (χ0) is 56.5. The van der Waals surface area contributed by atoms with E-state index in [9.17, 15) is 48.8 Å². The number of benzene rings is 2. The molecule has 412 valence electrons. The second-order valence-corrected chi connectivity index (χ2v) is 21.6. The first kappa shape index (κ1) is 63.4. The van der Waals surface area contributed by atoms with E-state index in [1.165, 1.54) is 24.3 Å². The number of imide groups is 1. The van der Waals surface area contributed by atoms with E-state index in [0.717, 1.165) is 4.90 Å². The molecular formula is C52H80N8O14. The average Bonchev–Trinajstić information content (AvgIpc) is 3.27. The minimum absolute atomic E-state index is 0.0743. The molecule has 0 heterocycles. The van der Waals surface area contributed by atoms with Gasteiger partial charge in [-0.2, -0.15) is 0 Å². The van der Waals surface area contributed by atoms with Gasteiger partial charge in [0.1, 0.15) is 46.7 Å². The van der Waals surface area contributed by atoms with Crippen LogP contribution >= 0.6 is 0 Å². The number of nitro groups is 1. The Labute approximate surface area is 434 Å². The van der Waals surface area contributed by atoms with Crippen LogP contribution in [0.25, 0.3) is 0 Å². The van der Waals surface area contributed by atoms with Crippen molar-refractivity contribution in [3.8, 4) is 5.75 Å². The van der Waals surface area contributed by atoms with Crippen LogP contribution in [0.3, 0.4) is 0 Å². The van der Waals surface area contributed by atoms with Gasteiger partial charge in [0, 0.05) is 18.1 Å². The van der Waals surface area contributed by atoms with E-state index in [2.05, 4.69) is 16.0 Å². The molecule has 74 heavy (non-hydrogen) atoms. The Kier molecular flexibility index (Phi) is 24.1. The Morgan fingerprint density at radius 2 is 1.36 bits per heavy atom. The number of carboxylic acid groups (broad SMARTS) is 1. The summed E-state index contributed by atoms with van der Waals surface area (Å²) in [6.45, 7) is 20.1. The molecule has 0 radical (unpaired) electrons. The maximum absolute atomic E-state index is 15.2. The van der Waals surface area contributed by atoms with Gasteiger partial charge in [-0.05, 0) is 118 Å². The first-order chi connectivity index (χ1) is 34.2. The minimum Gasteiger partial charge on any atom is -0.488 e. The average molecular weight is 1040 g/mol. The molecule has 22 heteroatoms. The highest BCUT2D eigenvalue weighted by atomic mass is 16.6. The summed E-state index contributed by atoms with van der Waals surface area (Å²) in [6, 6.07) is 4.21. The first-order valence-corrected chi connectivity index (χ1v) is 24.8. The van der Waals surface area contributed by atoms with Crippen molar-refractivity contribution in [3.05, 3.63) is 69.8 Å². The molecule has 0 unspecified atom stereocenters. The van der Waals surface area contributed by atoms with Gasteiger partial charge in [-0.15, -0.1) is 0 Å². The maximum Gasteiger partial charge on any atom is 0.417 e. The van der Waals surface area contributed by atoms with Crippen LogP contribution in [0.4, 0.5) is 10.5 Å². The van der Waals surface area contributed by atoms with E-state index in [1.54, 1.807) is 93.5 Å². The van der Waals surface area contributed by atoms with Gasteiger partial charge in [0.2, 0.25) is 29.5 Å². The molecule has 8 N–H and O–H groups in total. The van der Waals surface area contributed by atoms with Gasteiger partial charge >= 0.3 is 18.0 Å². The van der Waals surface area contributed by atoms with Crippen molar-refractivity contribution >= 4 is 53.3 Å². The van der Waals surface area contributed by atoms with Crippen LogP contribution < -0.4 is 32.2 Å². The number of hydrogen-bond acceptors (Lipinski definition) is 15. The summed E-state index contributed by atoms with van der Waals surface area (Å²) in [5.74, 6) is -7.99. The highest BCUT2D eigenvalue weighted by Gasteiger charge is 2.42. The fourth-order valence-electron chi connectivity index (χ4n) is 7.31. The molecule has 0 bridgehead atoms. The van der Waals surface area contributed by atoms with Crippen molar-refractivity contribution in [2.45, 2.75) is 182 Å². The number of carbonyl (C=O) groups is 8. The van der Waals surface area contributed by atoms with Crippen LogP contribution in [-0.4, -0.2) is 127 Å². The molecular weight excluding hydrogens is 961 g/mol. The molecule has 22 nitrogen and oxygen atoms in total. The van der Waals surface area contributed by atoms with Crippen molar-refractivity contribution in [2.75, 3.05) is 13.1 Å². The summed E-state index contributed by atoms with van der Waals surface area (Å²) < 4.78 is 17.1. The number of ether oxygens (including phenoxy) is 3. The number of carbonyl (C=O) groups excluding carboxylic acids is 7. The number of nitrogens with two attached hydrogens (primary N) is 2. The quantitative estimate of drug-likeness (QED) is 0.0316. The van der Waals surface area contributed by atoms with Gasteiger partial charge < -0.3 is 51.6 Å². The Morgan fingerprint density at radius 3 is 1.88 bits per heavy atom. The Bertz CT molecular complexity index is 2270. The number of nitrogens with zero attached hydrogens (tertiary/aromatic N) is 3. The zero-order valence-corrected chi connectivity index (χ0v) is 45.3. The summed E-state index contributed by atoms with van der Waals surface area (Å²) in [7, 11) is 0. The van der Waals surface area contributed by atoms with Crippen molar-refractivity contribution in [1.29, 1.82) is 0 Å². The third kappa shape index (κ3) is 21.4. The van der Waals surface area contributed by atoms with Crippen LogP contribution in [0.1, 0.15) is 133 Å². The van der Waals surface area contributed by atoms with E-state index in [4.69, 9.17) is 25.7 Å². The summed E-state index contributed by atoms with van der Waals surface area (Å²) in [4.78, 5) is 126. The number of esters is 1. The van der Waals surface area contributed by atoms with Crippen molar-refractivity contribution < 1.29 is 62.6 Å². The lowest BCUT2D eigenvalue weighted by Crippen LogP contribution is -2.61. The molecule has 0 spiro atoms. The fourth-order valence-corrected chi connectivity index (χ4v) is 7.31. The number of aliphatic carboxylic acids is 1. The molecule has 6 atom stereocenters. The van der Waals surface area contributed by atoms with Crippen molar-refractivity contribution in [1.82, 2.24) is 25.8 Å². The molecule has 0 aliphatic heterocycles. The van der Waals surface area contributed by atoms with Gasteiger partial charge in [-0.25, -0.2) is 14.5 Å². The number of para-hydroxylation sites is 1. The summed E-state index contributed by atoms with van der Waals surface area (Å²) in [5.41, 5.74) is 9.26. The van der Waals surface area contributed by atoms with E-state index in [1.807, 2.05) is 20.8 Å². The normalized spacial score (nSPS) is 14.2. The van der Waals surface area contributed by atoms with Crippen LogP contribution in [0.5, 0.6) is 5.75 Å². The molecule has 0 saturated heterocycles. The highest BCUT2D eigenvalue weighted by molar-refractivity contribution is 6.02. The summed E-state index contributed by atoms with van der Waals surface area (Å²) in [5, 5.41) is 30.0. The number of unbranched alkanes of at least 4 members (excludes halogenated alkanes) is 1. The topological polar surface area (TPSA) is 322 Å². The molecule has 0 aliphatic carbocycles. The molecule has 2 aromatic rings. The van der Waals surface area contributed by atoms with E-state index in [0.29, 0.717) is 29.1 Å². The minimum atomic E-state index is -1.93. The number of amides is 6. The Hall–Kier alpha value is -6.68. The van der Waals surface area contributed by atoms with Crippen LogP contribution in [0, 0.1) is 22.0 Å². The number of carboxylic acids is 1. The third-order valence-electron chi connectivity index (χ3n) is 11.2. The number of rotatable bonds is 26. The van der Waals surface area contributed by atoms with Gasteiger partial charge in [-0.1, -0.05) is 64.4 Å². The van der Waals surface area contributed by atoms with Crippen LogP contribution in [0.15, 0.2) is 48.5 Å². The molecule has 2 aromatic carbocycles. The predicted molar refractivity (Wildman–Crippen MR) is 275 cm³/mol. The zero-order valence-electron chi connectivity index (χ0n) is 45.3. The lowest BCUT2D eigenvalue weighted by Gasteiger charge is -2.35. The van der Waals surface area contributed by atoms with Crippen molar-refractivity contribution in [3.63, 3.8) is 0 Å². The van der Waals surface area contributed by atoms with E-state index < -0.39 is 137 Å². The summed E-state index contributed by atoms with van der Waals surface area (Å²) >= 11 is 0. The molecule has 2 rings (SSSR count). The third-order valence-corrected chi connectivity index (χ3v) is 11.2. The van der Waals surface area contributed by atoms with Crippen LogP contribution in [0.2, 0.25) is 0 Å². The second-order valence-electron chi connectivity index (χ2n) is 21.6. The molecule has 0 saturated carbocycles.